The van der Waals surface area contributed by atoms with Crippen LogP contribution in [-0.2, 0) is 4.79 Å². The largest absolute Gasteiger partial charge is 0.343 e. The SMILES string of the molecule is [CH2]C(C)(C)CC(=O)N1CCCC1. The molecule has 1 aliphatic heterocycles. The molecule has 0 spiro atoms. The van der Waals surface area contributed by atoms with Gasteiger partial charge in [0.2, 0.25) is 5.91 Å². The standard InChI is InChI=1S/C10H18NO/c1-10(2,3)8-9(12)11-6-4-5-7-11/h1,4-8H2,2-3H3. The van der Waals surface area contributed by atoms with E-state index >= 15 is 0 Å². The van der Waals surface area contributed by atoms with Crippen molar-refractivity contribution in [1.82, 2.24) is 4.90 Å². The monoisotopic (exact) mass is 168 g/mol. The number of carbonyl (C=O) groups excluding carboxylic acids is 1. The topological polar surface area (TPSA) is 20.3 Å². The maximum Gasteiger partial charge on any atom is 0.223 e. The van der Waals surface area contributed by atoms with E-state index in [1.165, 1.54) is 12.8 Å². The smallest absolute Gasteiger partial charge is 0.223 e. The molecule has 1 heterocycles. The molecule has 1 radical (unpaired) electrons. The van der Waals surface area contributed by atoms with Crippen LogP contribution in [0.3, 0.4) is 0 Å². The zero-order chi connectivity index (χ0) is 9.19. The van der Waals surface area contributed by atoms with Crippen molar-refractivity contribution in [1.29, 1.82) is 0 Å². The van der Waals surface area contributed by atoms with Crippen molar-refractivity contribution in [2.45, 2.75) is 33.1 Å². The van der Waals surface area contributed by atoms with Crippen molar-refractivity contribution in [3.05, 3.63) is 6.92 Å². The fraction of sp³-hybridized carbons (Fsp3) is 0.800. The molecule has 0 atom stereocenters. The van der Waals surface area contributed by atoms with Crippen LogP contribution in [0.5, 0.6) is 0 Å². The summed E-state index contributed by atoms with van der Waals surface area (Å²) in [6.07, 6.45) is 2.92. The van der Waals surface area contributed by atoms with Gasteiger partial charge < -0.3 is 4.90 Å². The fourth-order valence-electron chi connectivity index (χ4n) is 1.49. The predicted molar refractivity (Wildman–Crippen MR) is 49.6 cm³/mol. The normalized spacial score (nSPS) is 18.4. The third kappa shape index (κ3) is 2.84. The summed E-state index contributed by atoms with van der Waals surface area (Å²) in [4.78, 5) is 13.5. The highest BCUT2D eigenvalue weighted by Crippen LogP contribution is 2.20. The van der Waals surface area contributed by atoms with E-state index in [0.29, 0.717) is 6.42 Å². The van der Waals surface area contributed by atoms with Crippen LogP contribution in [0.2, 0.25) is 0 Å². The molecule has 1 fully saturated rings. The van der Waals surface area contributed by atoms with Crippen LogP contribution >= 0.6 is 0 Å². The number of carbonyl (C=O) groups is 1. The van der Waals surface area contributed by atoms with Gasteiger partial charge >= 0.3 is 0 Å². The van der Waals surface area contributed by atoms with E-state index < -0.39 is 0 Å². The summed E-state index contributed by atoms with van der Waals surface area (Å²) in [7, 11) is 0. The third-order valence-electron chi connectivity index (χ3n) is 2.09. The molecule has 2 nitrogen and oxygen atoms in total. The first kappa shape index (κ1) is 9.56. The second-order valence-corrected chi connectivity index (χ2v) is 4.43. The minimum absolute atomic E-state index is 0.111. The highest BCUT2D eigenvalue weighted by atomic mass is 16.2. The molecular weight excluding hydrogens is 150 g/mol. The van der Waals surface area contributed by atoms with Gasteiger partial charge in [0, 0.05) is 19.5 Å². The van der Waals surface area contributed by atoms with Crippen LogP contribution in [0.4, 0.5) is 0 Å². The van der Waals surface area contributed by atoms with Gasteiger partial charge in [-0.15, -0.1) is 0 Å². The molecular formula is C10H18NO. The van der Waals surface area contributed by atoms with Crippen LogP contribution in [0.25, 0.3) is 0 Å². The Hall–Kier alpha value is -0.530. The lowest BCUT2D eigenvalue weighted by Crippen LogP contribution is -2.30. The summed E-state index contributed by atoms with van der Waals surface area (Å²) in [6, 6.07) is 0. The highest BCUT2D eigenvalue weighted by molar-refractivity contribution is 5.77. The number of hydrogen-bond acceptors (Lipinski definition) is 1. The van der Waals surface area contributed by atoms with Gasteiger partial charge in [-0.25, -0.2) is 0 Å². The Kier molecular flexibility index (Phi) is 2.76. The Labute approximate surface area is 74.9 Å². The van der Waals surface area contributed by atoms with Crippen LogP contribution in [0.1, 0.15) is 33.1 Å². The molecule has 0 aliphatic carbocycles. The molecule has 12 heavy (non-hydrogen) atoms. The number of hydrogen-bond donors (Lipinski definition) is 0. The summed E-state index contributed by atoms with van der Waals surface area (Å²) in [5.41, 5.74) is -0.111. The first-order valence-electron chi connectivity index (χ1n) is 4.62. The average molecular weight is 168 g/mol. The third-order valence-corrected chi connectivity index (χ3v) is 2.09. The van der Waals surface area contributed by atoms with Crippen LogP contribution in [-0.4, -0.2) is 23.9 Å². The first-order valence-corrected chi connectivity index (χ1v) is 4.62. The fourth-order valence-corrected chi connectivity index (χ4v) is 1.49. The molecule has 0 unspecified atom stereocenters. The van der Waals surface area contributed by atoms with Gasteiger partial charge in [-0.2, -0.15) is 0 Å². The molecule has 0 bridgehead atoms. The van der Waals surface area contributed by atoms with Gasteiger partial charge in [-0.3, -0.25) is 4.79 Å². The molecule has 2 heteroatoms. The van der Waals surface area contributed by atoms with E-state index in [9.17, 15) is 4.79 Å². The minimum Gasteiger partial charge on any atom is -0.343 e. The number of rotatable bonds is 2. The van der Waals surface area contributed by atoms with Crippen molar-refractivity contribution in [2.75, 3.05) is 13.1 Å². The van der Waals surface area contributed by atoms with Gasteiger partial charge in [0.15, 0.2) is 0 Å². The number of nitrogens with zero attached hydrogens (tertiary/aromatic N) is 1. The lowest BCUT2D eigenvalue weighted by atomic mass is 9.92. The van der Waals surface area contributed by atoms with E-state index in [1.807, 2.05) is 18.7 Å². The van der Waals surface area contributed by atoms with Gasteiger partial charge in [-0.1, -0.05) is 13.8 Å². The summed E-state index contributed by atoms with van der Waals surface area (Å²) in [6.45, 7) is 9.84. The van der Waals surface area contributed by atoms with E-state index in [2.05, 4.69) is 6.92 Å². The average Bonchev–Trinajstić information content (AvgIpc) is 2.32. The minimum atomic E-state index is -0.111. The maximum absolute atomic E-state index is 11.5. The molecule has 0 saturated carbocycles. The molecule has 1 amide bonds. The molecule has 1 aliphatic rings. The van der Waals surface area contributed by atoms with E-state index in [1.54, 1.807) is 0 Å². The van der Waals surface area contributed by atoms with E-state index in [-0.39, 0.29) is 11.3 Å². The summed E-state index contributed by atoms with van der Waals surface area (Å²) in [5, 5.41) is 0. The lowest BCUT2D eigenvalue weighted by molar-refractivity contribution is -0.131. The lowest BCUT2D eigenvalue weighted by Gasteiger charge is -2.22. The Morgan fingerprint density at radius 2 is 1.92 bits per heavy atom. The van der Waals surface area contributed by atoms with Crippen molar-refractivity contribution in [3.8, 4) is 0 Å². The van der Waals surface area contributed by atoms with Gasteiger partial charge in [0.25, 0.3) is 0 Å². The molecule has 69 valence electrons. The predicted octanol–water partition coefficient (Wildman–Crippen LogP) is 1.86. The Bertz CT molecular complexity index is 163. The number of amides is 1. The van der Waals surface area contributed by atoms with Crippen molar-refractivity contribution < 1.29 is 4.79 Å². The van der Waals surface area contributed by atoms with Gasteiger partial charge in [-0.05, 0) is 25.2 Å². The van der Waals surface area contributed by atoms with Gasteiger partial charge in [0.1, 0.15) is 0 Å². The Balaban J connectivity index is 2.37. The summed E-state index contributed by atoms with van der Waals surface area (Å²) in [5.74, 6) is 0.271. The molecule has 1 saturated heterocycles. The zero-order valence-electron chi connectivity index (χ0n) is 8.10. The van der Waals surface area contributed by atoms with Crippen LogP contribution in [0.15, 0.2) is 0 Å². The zero-order valence-corrected chi connectivity index (χ0v) is 8.10. The van der Waals surface area contributed by atoms with Crippen molar-refractivity contribution in [3.63, 3.8) is 0 Å². The maximum atomic E-state index is 11.5. The van der Waals surface area contributed by atoms with E-state index in [0.717, 1.165) is 13.1 Å². The second-order valence-electron chi connectivity index (χ2n) is 4.43. The van der Waals surface area contributed by atoms with Gasteiger partial charge in [0.05, 0.1) is 0 Å². The van der Waals surface area contributed by atoms with Crippen molar-refractivity contribution >= 4 is 5.91 Å². The molecule has 1 rings (SSSR count). The second kappa shape index (κ2) is 3.46. The first-order chi connectivity index (χ1) is 5.49. The summed E-state index contributed by atoms with van der Waals surface area (Å²) >= 11 is 0. The van der Waals surface area contributed by atoms with Crippen LogP contribution < -0.4 is 0 Å². The Morgan fingerprint density at radius 3 is 2.33 bits per heavy atom. The Morgan fingerprint density at radius 1 is 1.42 bits per heavy atom. The molecule has 0 N–H and O–H groups in total. The summed E-state index contributed by atoms with van der Waals surface area (Å²) < 4.78 is 0. The number of likely N-dealkylation sites (tertiary alicyclic amines) is 1. The molecule has 0 aromatic heterocycles. The molecule has 0 aromatic rings. The quantitative estimate of drug-likeness (QED) is 0.616. The molecule has 0 aromatic carbocycles. The van der Waals surface area contributed by atoms with Crippen LogP contribution in [0, 0.1) is 12.3 Å². The highest BCUT2D eigenvalue weighted by Gasteiger charge is 2.22. The van der Waals surface area contributed by atoms with Crippen molar-refractivity contribution in [2.24, 2.45) is 5.41 Å². The van der Waals surface area contributed by atoms with E-state index in [4.69, 9.17) is 0 Å².